The Bertz CT molecular complexity index is 838. The lowest BCUT2D eigenvalue weighted by molar-refractivity contribution is 0.0497. The van der Waals surface area contributed by atoms with Crippen molar-refractivity contribution in [2.75, 3.05) is 11.2 Å². The molecule has 0 unspecified atom stereocenters. The van der Waals surface area contributed by atoms with E-state index in [-0.39, 0.29) is 6.04 Å². The quantitative estimate of drug-likeness (QED) is 0.612. The zero-order valence-corrected chi connectivity index (χ0v) is 16.3. The molecule has 130 valence electrons. The van der Waals surface area contributed by atoms with Crippen LogP contribution in [-0.2, 0) is 6.42 Å². The van der Waals surface area contributed by atoms with Gasteiger partial charge in [-0.15, -0.1) is 11.8 Å². The van der Waals surface area contributed by atoms with E-state index in [9.17, 15) is 0 Å². The van der Waals surface area contributed by atoms with Crippen molar-refractivity contribution in [3.63, 3.8) is 0 Å². The molecule has 1 saturated heterocycles. The zero-order valence-electron chi connectivity index (χ0n) is 14.7. The van der Waals surface area contributed by atoms with Gasteiger partial charge in [0, 0.05) is 22.6 Å². The highest BCUT2D eigenvalue weighted by Gasteiger charge is 2.48. The van der Waals surface area contributed by atoms with Crippen molar-refractivity contribution in [1.29, 1.82) is 0 Å². The third-order valence-electron chi connectivity index (χ3n) is 5.06. The van der Waals surface area contributed by atoms with Gasteiger partial charge in [0.2, 0.25) is 0 Å². The predicted octanol–water partition coefficient (Wildman–Crippen LogP) is 4.91. The van der Waals surface area contributed by atoms with Crippen molar-refractivity contribution in [3.05, 3.63) is 53.6 Å². The second kappa shape index (κ2) is 6.22. The number of thiocarbonyl (C=S) groups is 1. The van der Waals surface area contributed by atoms with E-state index in [1.165, 1.54) is 16.0 Å². The van der Waals surface area contributed by atoms with Crippen LogP contribution in [0.2, 0.25) is 0 Å². The molecule has 4 rings (SSSR count). The number of benzene rings is 2. The summed E-state index contributed by atoms with van der Waals surface area (Å²) in [5.74, 6) is 0.956. The first-order chi connectivity index (χ1) is 12.0. The van der Waals surface area contributed by atoms with Gasteiger partial charge >= 0.3 is 0 Å². The van der Waals surface area contributed by atoms with E-state index in [2.05, 4.69) is 72.8 Å². The third kappa shape index (κ3) is 2.79. The molecule has 1 N–H and O–H groups in total. The number of aryl methyl sites for hydroxylation is 1. The summed E-state index contributed by atoms with van der Waals surface area (Å²) in [5.41, 5.74) is 3.13. The van der Waals surface area contributed by atoms with Crippen LogP contribution in [-0.4, -0.2) is 17.1 Å². The molecule has 2 aromatic carbocycles. The smallest absolute Gasteiger partial charge is 0.188 e. The number of ether oxygens (including phenoxy) is 1. The van der Waals surface area contributed by atoms with Crippen molar-refractivity contribution in [1.82, 2.24) is 5.32 Å². The van der Waals surface area contributed by atoms with Gasteiger partial charge in [0.25, 0.3) is 0 Å². The van der Waals surface area contributed by atoms with Gasteiger partial charge in [0.05, 0.1) is 6.04 Å². The fourth-order valence-corrected chi connectivity index (χ4v) is 4.68. The van der Waals surface area contributed by atoms with E-state index in [0.29, 0.717) is 0 Å². The number of nitrogens with zero attached hydrogens (tertiary/aromatic N) is 1. The highest BCUT2D eigenvalue weighted by molar-refractivity contribution is 7.98. The molecular weight excluding hydrogens is 348 g/mol. The van der Waals surface area contributed by atoms with Gasteiger partial charge in [0.1, 0.15) is 5.75 Å². The normalized spacial score (nSPS) is 24.4. The molecule has 5 heteroatoms. The van der Waals surface area contributed by atoms with Gasteiger partial charge in [0.15, 0.2) is 10.8 Å². The van der Waals surface area contributed by atoms with Crippen molar-refractivity contribution in [2.45, 2.75) is 43.4 Å². The van der Waals surface area contributed by atoms with Crippen LogP contribution >= 0.6 is 24.0 Å². The summed E-state index contributed by atoms with van der Waals surface area (Å²) in [4.78, 5) is 3.34. The third-order valence-corrected chi connectivity index (χ3v) is 6.08. The van der Waals surface area contributed by atoms with Gasteiger partial charge < -0.3 is 10.1 Å². The number of anilines is 1. The highest BCUT2D eigenvalue weighted by atomic mass is 32.2. The summed E-state index contributed by atoms with van der Waals surface area (Å²) in [6.45, 7) is 4.31. The molecule has 0 amide bonds. The summed E-state index contributed by atoms with van der Waals surface area (Å²) in [5, 5.41) is 4.26. The zero-order chi connectivity index (χ0) is 17.6. The standard InChI is InChI=1S/C20H22N2OS2/c1-4-13-8-9-18-16(10-13)17-12-20(2,23-18)22(19(24)21-17)14-6-5-7-15(11-14)25-3/h5-11,17H,4,12H2,1-3H3,(H,21,24)/t17-,20-/m0/s1. The Balaban J connectivity index is 1.77. The Morgan fingerprint density at radius 1 is 1.32 bits per heavy atom. The summed E-state index contributed by atoms with van der Waals surface area (Å²) in [6.07, 6.45) is 3.97. The Labute approximate surface area is 158 Å². The lowest BCUT2D eigenvalue weighted by Gasteiger charge is -2.52. The molecule has 2 aliphatic heterocycles. The maximum atomic E-state index is 6.49. The number of thioether (sulfide) groups is 1. The Morgan fingerprint density at radius 3 is 2.92 bits per heavy atom. The maximum absolute atomic E-state index is 6.49. The second-order valence-electron chi connectivity index (χ2n) is 6.75. The molecule has 2 heterocycles. The number of rotatable bonds is 3. The van der Waals surface area contributed by atoms with Gasteiger partial charge in [-0.05, 0) is 61.6 Å². The van der Waals surface area contributed by atoms with E-state index >= 15 is 0 Å². The van der Waals surface area contributed by atoms with Gasteiger partial charge in [-0.25, -0.2) is 0 Å². The van der Waals surface area contributed by atoms with Crippen LogP contribution in [0.1, 0.15) is 37.4 Å². The lowest BCUT2D eigenvalue weighted by Crippen LogP contribution is -2.65. The van der Waals surface area contributed by atoms with E-state index in [0.717, 1.165) is 29.4 Å². The first-order valence-electron chi connectivity index (χ1n) is 8.60. The molecule has 0 saturated carbocycles. The van der Waals surface area contributed by atoms with Crippen LogP contribution in [0.25, 0.3) is 0 Å². The summed E-state index contributed by atoms with van der Waals surface area (Å²) < 4.78 is 6.49. The predicted molar refractivity (Wildman–Crippen MR) is 109 cm³/mol. The summed E-state index contributed by atoms with van der Waals surface area (Å²) in [7, 11) is 0. The molecule has 25 heavy (non-hydrogen) atoms. The Morgan fingerprint density at radius 2 is 2.16 bits per heavy atom. The van der Waals surface area contributed by atoms with Crippen molar-refractivity contribution >= 4 is 34.8 Å². The molecule has 3 nitrogen and oxygen atoms in total. The average Bonchev–Trinajstić information content (AvgIpc) is 2.61. The molecule has 2 atom stereocenters. The Kier molecular flexibility index (Phi) is 4.16. The first kappa shape index (κ1) is 16.7. The van der Waals surface area contributed by atoms with Gasteiger partial charge in [-0.2, -0.15) is 0 Å². The van der Waals surface area contributed by atoms with Crippen LogP contribution < -0.4 is 15.0 Å². The fraction of sp³-hybridized carbons (Fsp3) is 0.350. The van der Waals surface area contributed by atoms with Crippen LogP contribution in [0.3, 0.4) is 0 Å². The van der Waals surface area contributed by atoms with Crippen molar-refractivity contribution in [2.24, 2.45) is 0 Å². The molecule has 0 aliphatic carbocycles. The van der Waals surface area contributed by atoms with E-state index in [4.69, 9.17) is 17.0 Å². The van der Waals surface area contributed by atoms with Crippen LogP contribution in [0.5, 0.6) is 5.75 Å². The first-order valence-corrected chi connectivity index (χ1v) is 10.2. The molecule has 2 aliphatic rings. The molecule has 0 spiro atoms. The Hall–Kier alpha value is -1.72. The summed E-state index contributed by atoms with van der Waals surface area (Å²) >= 11 is 7.47. The molecule has 0 radical (unpaired) electrons. The minimum atomic E-state index is -0.481. The lowest BCUT2D eigenvalue weighted by atomic mass is 9.89. The average molecular weight is 371 g/mol. The largest absolute Gasteiger partial charge is 0.467 e. The molecule has 2 aromatic rings. The maximum Gasteiger partial charge on any atom is 0.188 e. The number of hydrogen-bond acceptors (Lipinski definition) is 3. The van der Waals surface area contributed by atoms with Crippen LogP contribution in [0, 0.1) is 0 Å². The van der Waals surface area contributed by atoms with Crippen LogP contribution in [0.4, 0.5) is 5.69 Å². The fourth-order valence-electron chi connectivity index (χ4n) is 3.78. The minimum absolute atomic E-state index is 0.202. The highest BCUT2D eigenvalue weighted by Crippen LogP contribution is 2.46. The van der Waals surface area contributed by atoms with Gasteiger partial charge in [-0.3, -0.25) is 4.90 Å². The molecule has 2 bridgehead atoms. The monoisotopic (exact) mass is 370 g/mol. The molecule has 1 fully saturated rings. The van der Waals surface area contributed by atoms with Gasteiger partial charge in [-0.1, -0.05) is 25.1 Å². The van der Waals surface area contributed by atoms with Crippen molar-refractivity contribution < 1.29 is 4.74 Å². The number of fused-ring (bicyclic) bond motifs is 4. The SMILES string of the molecule is CCc1ccc2c(c1)[C@@H]1C[C@](C)(O2)N(c2cccc(SC)c2)C(=S)N1. The van der Waals surface area contributed by atoms with Crippen molar-refractivity contribution in [3.8, 4) is 5.75 Å². The number of nitrogens with one attached hydrogen (secondary N) is 1. The second-order valence-corrected chi connectivity index (χ2v) is 8.01. The topological polar surface area (TPSA) is 24.5 Å². The number of hydrogen-bond donors (Lipinski definition) is 1. The summed E-state index contributed by atoms with van der Waals surface area (Å²) in [6, 6.07) is 15.2. The van der Waals surface area contributed by atoms with E-state index < -0.39 is 5.72 Å². The van der Waals surface area contributed by atoms with E-state index in [1.807, 2.05) is 0 Å². The van der Waals surface area contributed by atoms with E-state index in [1.54, 1.807) is 11.8 Å². The molecular formula is C20H22N2OS2. The minimum Gasteiger partial charge on any atom is -0.467 e. The van der Waals surface area contributed by atoms with Crippen LogP contribution in [0.15, 0.2) is 47.4 Å². The molecule has 0 aromatic heterocycles.